The maximum absolute atomic E-state index is 14.0. The predicted molar refractivity (Wildman–Crippen MR) is 120 cm³/mol. The Balaban J connectivity index is 1.69. The van der Waals surface area contributed by atoms with E-state index in [1.54, 1.807) is 28.8 Å². The monoisotopic (exact) mass is 410 g/mol. The van der Waals surface area contributed by atoms with Crippen molar-refractivity contribution >= 4 is 39.5 Å². The Labute approximate surface area is 179 Å². The third-order valence-electron chi connectivity index (χ3n) is 5.92. The molecule has 2 amide bonds. The zero-order valence-electron chi connectivity index (χ0n) is 17.4. The SMILES string of the molecule is CC(C)C[C@@H](C(=O)n1c2ccccc2c2ccccc21)N1C(=O)c2ccccc2C1=O. The molecule has 5 heteroatoms. The van der Waals surface area contributed by atoms with Crippen LogP contribution < -0.4 is 0 Å². The van der Waals surface area contributed by atoms with Gasteiger partial charge in [-0.15, -0.1) is 0 Å². The van der Waals surface area contributed by atoms with E-state index < -0.39 is 17.9 Å². The molecule has 0 unspecified atom stereocenters. The molecule has 3 aromatic carbocycles. The van der Waals surface area contributed by atoms with Crippen molar-refractivity contribution in [2.24, 2.45) is 5.92 Å². The van der Waals surface area contributed by atoms with Crippen LogP contribution in [0.4, 0.5) is 0 Å². The average Bonchev–Trinajstić information content (AvgIpc) is 3.24. The Bertz CT molecular complexity index is 1280. The number of amides is 2. The standard InChI is InChI=1S/C26H22N2O3/c1-16(2)15-23(28-24(29)19-11-3-4-12-20(19)25(28)30)26(31)27-21-13-7-5-9-17(21)18-10-6-8-14-22(18)27/h3-14,16,23H,15H2,1-2H3/t23-/m0/s1. The van der Waals surface area contributed by atoms with E-state index in [1.807, 2.05) is 62.4 Å². The number of imide groups is 1. The lowest BCUT2D eigenvalue weighted by Crippen LogP contribution is -2.47. The smallest absolute Gasteiger partial charge is 0.262 e. The third kappa shape index (κ3) is 2.88. The van der Waals surface area contributed by atoms with Gasteiger partial charge in [0.15, 0.2) is 0 Å². The quantitative estimate of drug-likeness (QED) is 0.438. The van der Waals surface area contributed by atoms with Crippen molar-refractivity contribution in [3.63, 3.8) is 0 Å². The largest absolute Gasteiger partial charge is 0.278 e. The average molecular weight is 410 g/mol. The Morgan fingerprint density at radius 2 is 1.19 bits per heavy atom. The highest BCUT2D eigenvalue weighted by Gasteiger charge is 2.43. The minimum atomic E-state index is -0.883. The lowest BCUT2D eigenvalue weighted by Gasteiger charge is -2.27. The summed E-state index contributed by atoms with van der Waals surface area (Å²) in [5.74, 6) is -0.951. The van der Waals surface area contributed by atoms with E-state index in [4.69, 9.17) is 0 Å². The van der Waals surface area contributed by atoms with Gasteiger partial charge in [0.05, 0.1) is 22.2 Å². The minimum absolute atomic E-state index is 0.117. The fourth-order valence-electron chi connectivity index (χ4n) is 4.56. The van der Waals surface area contributed by atoms with Gasteiger partial charge in [-0.25, -0.2) is 0 Å². The summed E-state index contributed by atoms with van der Waals surface area (Å²) in [6, 6.07) is 21.3. The van der Waals surface area contributed by atoms with Gasteiger partial charge in [-0.3, -0.25) is 23.9 Å². The number of fused-ring (bicyclic) bond motifs is 4. The number of hydrogen-bond donors (Lipinski definition) is 0. The van der Waals surface area contributed by atoms with Crippen LogP contribution in [0.15, 0.2) is 72.8 Å². The summed E-state index contributed by atoms with van der Waals surface area (Å²) >= 11 is 0. The molecular formula is C26H22N2O3. The molecule has 1 aromatic heterocycles. The minimum Gasteiger partial charge on any atom is -0.278 e. The highest BCUT2D eigenvalue weighted by molar-refractivity contribution is 6.23. The molecule has 0 saturated heterocycles. The molecule has 0 saturated carbocycles. The summed E-state index contributed by atoms with van der Waals surface area (Å²) in [7, 11) is 0. The molecule has 31 heavy (non-hydrogen) atoms. The summed E-state index contributed by atoms with van der Waals surface area (Å²) in [6.45, 7) is 3.98. The van der Waals surface area contributed by atoms with Gasteiger partial charge < -0.3 is 0 Å². The Kier molecular flexibility index (Phi) is 4.47. The van der Waals surface area contributed by atoms with Gasteiger partial charge in [0, 0.05) is 10.8 Å². The molecular weight excluding hydrogens is 388 g/mol. The Morgan fingerprint density at radius 3 is 1.68 bits per heavy atom. The van der Waals surface area contributed by atoms with Crippen molar-refractivity contribution in [1.82, 2.24) is 9.47 Å². The van der Waals surface area contributed by atoms with Crippen molar-refractivity contribution in [3.8, 4) is 0 Å². The first-order valence-corrected chi connectivity index (χ1v) is 10.5. The second-order valence-electron chi connectivity index (χ2n) is 8.38. The molecule has 1 aliphatic rings. The van der Waals surface area contributed by atoms with E-state index in [1.165, 1.54) is 0 Å². The number of para-hydroxylation sites is 2. The number of rotatable bonds is 4. The predicted octanol–water partition coefficient (Wildman–Crippen LogP) is 5.15. The van der Waals surface area contributed by atoms with E-state index in [2.05, 4.69) is 0 Å². The van der Waals surface area contributed by atoms with Gasteiger partial charge >= 0.3 is 0 Å². The van der Waals surface area contributed by atoms with Gasteiger partial charge in [-0.2, -0.15) is 0 Å². The van der Waals surface area contributed by atoms with Crippen LogP contribution in [0, 0.1) is 5.92 Å². The molecule has 0 fully saturated rings. The molecule has 2 heterocycles. The molecule has 0 bridgehead atoms. The molecule has 5 rings (SSSR count). The topological polar surface area (TPSA) is 59.4 Å². The molecule has 4 aromatic rings. The molecule has 154 valence electrons. The van der Waals surface area contributed by atoms with Crippen molar-refractivity contribution in [3.05, 3.63) is 83.9 Å². The van der Waals surface area contributed by atoms with E-state index >= 15 is 0 Å². The number of aromatic nitrogens is 1. The van der Waals surface area contributed by atoms with Gasteiger partial charge in [0.1, 0.15) is 6.04 Å². The first-order chi connectivity index (χ1) is 15.0. The van der Waals surface area contributed by atoms with Crippen LogP contribution in [0.1, 0.15) is 45.8 Å². The fraction of sp³-hybridized carbons (Fsp3) is 0.192. The molecule has 0 N–H and O–H groups in total. The second kappa shape index (κ2) is 7.20. The fourth-order valence-corrected chi connectivity index (χ4v) is 4.56. The molecule has 0 aliphatic carbocycles. The molecule has 0 radical (unpaired) electrons. The molecule has 1 aliphatic heterocycles. The van der Waals surface area contributed by atoms with E-state index in [0.29, 0.717) is 17.5 Å². The number of carbonyl (C=O) groups excluding carboxylic acids is 3. The second-order valence-corrected chi connectivity index (χ2v) is 8.38. The first-order valence-electron chi connectivity index (χ1n) is 10.5. The van der Waals surface area contributed by atoms with E-state index in [9.17, 15) is 14.4 Å². The lowest BCUT2D eigenvalue weighted by atomic mass is 10.0. The highest BCUT2D eigenvalue weighted by atomic mass is 16.2. The summed E-state index contributed by atoms with van der Waals surface area (Å²) in [6.07, 6.45) is 0.394. The van der Waals surface area contributed by atoms with E-state index in [-0.39, 0.29) is 11.8 Å². The van der Waals surface area contributed by atoms with Crippen molar-refractivity contribution in [1.29, 1.82) is 0 Å². The molecule has 1 atom stereocenters. The summed E-state index contributed by atoms with van der Waals surface area (Å²) < 4.78 is 1.67. The number of benzene rings is 3. The lowest BCUT2D eigenvalue weighted by molar-refractivity contribution is 0.0496. The maximum atomic E-state index is 14.0. The summed E-state index contributed by atoms with van der Waals surface area (Å²) in [5.41, 5.74) is 2.27. The molecule has 5 nitrogen and oxygen atoms in total. The van der Waals surface area contributed by atoms with Gasteiger partial charge in [-0.1, -0.05) is 62.4 Å². The van der Waals surface area contributed by atoms with Crippen LogP contribution in [0.3, 0.4) is 0 Å². The van der Waals surface area contributed by atoms with Gasteiger partial charge in [0.2, 0.25) is 0 Å². The number of hydrogen-bond acceptors (Lipinski definition) is 3. The van der Waals surface area contributed by atoms with Crippen molar-refractivity contribution in [2.45, 2.75) is 26.3 Å². The normalized spacial score (nSPS) is 14.6. The summed E-state index contributed by atoms with van der Waals surface area (Å²) in [5, 5.41) is 1.94. The van der Waals surface area contributed by atoms with Crippen LogP contribution in [-0.2, 0) is 0 Å². The van der Waals surface area contributed by atoms with Crippen LogP contribution in [0.5, 0.6) is 0 Å². The van der Waals surface area contributed by atoms with Crippen LogP contribution in [0.2, 0.25) is 0 Å². The highest BCUT2D eigenvalue weighted by Crippen LogP contribution is 2.32. The Hall–Kier alpha value is -3.73. The number of carbonyl (C=O) groups is 3. The van der Waals surface area contributed by atoms with Gasteiger partial charge in [-0.05, 0) is 36.6 Å². The zero-order valence-corrected chi connectivity index (χ0v) is 17.4. The Morgan fingerprint density at radius 1 is 0.742 bits per heavy atom. The summed E-state index contributed by atoms with van der Waals surface area (Å²) in [4.78, 5) is 41.5. The number of nitrogens with zero attached hydrogens (tertiary/aromatic N) is 2. The third-order valence-corrected chi connectivity index (χ3v) is 5.92. The van der Waals surface area contributed by atoms with Gasteiger partial charge in [0.25, 0.3) is 17.7 Å². The van der Waals surface area contributed by atoms with Crippen LogP contribution in [-0.4, -0.2) is 33.2 Å². The molecule has 0 spiro atoms. The first kappa shape index (κ1) is 19.2. The van der Waals surface area contributed by atoms with Crippen LogP contribution in [0.25, 0.3) is 21.8 Å². The van der Waals surface area contributed by atoms with E-state index in [0.717, 1.165) is 26.7 Å². The van der Waals surface area contributed by atoms with Crippen molar-refractivity contribution in [2.75, 3.05) is 0 Å². The maximum Gasteiger partial charge on any atom is 0.262 e. The zero-order chi connectivity index (χ0) is 21.7. The van der Waals surface area contributed by atoms with Crippen LogP contribution >= 0.6 is 0 Å². The van der Waals surface area contributed by atoms with Crippen molar-refractivity contribution < 1.29 is 14.4 Å².